The van der Waals surface area contributed by atoms with Gasteiger partial charge in [-0.05, 0) is 30.3 Å². The smallest absolute Gasteiger partial charge is 0.304 e. The van der Waals surface area contributed by atoms with E-state index in [4.69, 9.17) is 9.47 Å². The van der Waals surface area contributed by atoms with Gasteiger partial charge in [-0.3, -0.25) is 9.20 Å². The highest BCUT2D eigenvalue weighted by atomic mass is 32.2. The predicted molar refractivity (Wildman–Crippen MR) is 145 cm³/mol. The van der Waals surface area contributed by atoms with E-state index in [1.807, 2.05) is 4.72 Å². The number of amides is 1. The van der Waals surface area contributed by atoms with Gasteiger partial charge in [-0.1, -0.05) is 6.92 Å². The third-order valence-corrected chi connectivity index (χ3v) is 8.91. The molecule has 2 unspecified atom stereocenters. The van der Waals surface area contributed by atoms with E-state index in [0.717, 1.165) is 4.31 Å². The highest BCUT2D eigenvalue weighted by molar-refractivity contribution is 7.87. The Kier molecular flexibility index (Phi) is 8.71. The van der Waals surface area contributed by atoms with Crippen molar-refractivity contribution in [2.24, 2.45) is 0 Å². The van der Waals surface area contributed by atoms with Crippen LogP contribution in [-0.4, -0.2) is 79.8 Å². The maximum absolute atomic E-state index is 14.9. The second kappa shape index (κ2) is 12.2. The molecule has 0 aliphatic carbocycles. The molecule has 2 atom stereocenters. The first kappa shape index (κ1) is 29.1. The van der Waals surface area contributed by atoms with Gasteiger partial charge in [0.15, 0.2) is 0 Å². The fourth-order valence-corrected chi connectivity index (χ4v) is 6.43. The highest BCUT2D eigenvalue weighted by Gasteiger charge is 2.36. The number of carbonyl (C=O) groups excluding carboxylic acids is 1. The minimum Gasteiger partial charge on any atom is -0.490 e. The molecule has 14 heteroatoms. The Balaban J connectivity index is 1.45. The summed E-state index contributed by atoms with van der Waals surface area (Å²) in [6, 6.07) is 7.01. The van der Waals surface area contributed by atoms with Crippen molar-refractivity contribution >= 4 is 27.5 Å². The molecule has 0 radical (unpaired) electrons. The quantitative estimate of drug-likeness (QED) is 0.382. The van der Waals surface area contributed by atoms with Gasteiger partial charge in [0.05, 0.1) is 31.1 Å². The first-order chi connectivity index (χ1) is 19.7. The highest BCUT2D eigenvalue weighted by Crippen LogP contribution is 2.42. The topological polar surface area (TPSA) is 105 Å². The van der Waals surface area contributed by atoms with Gasteiger partial charge < -0.3 is 14.4 Å². The van der Waals surface area contributed by atoms with E-state index in [-0.39, 0.29) is 31.3 Å². The van der Waals surface area contributed by atoms with Gasteiger partial charge in [0.1, 0.15) is 41.9 Å². The largest absolute Gasteiger partial charge is 0.490 e. The van der Waals surface area contributed by atoms with Crippen molar-refractivity contribution in [1.29, 1.82) is 0 Å². The number of pyridine rings is 1. The molecule has 2 fully saturated rings. The lowest BCUT2D eigenvalue weighted by molar-refractivity contribution is 0.0250. The SMILES string of the molecule is CCN(CCF)S(=O)(=O)NC(=O)c1cnc2ccc(N3CC(F)CC3c3cc(F)ccc3OC3CCOCC3)cn12. The van der Waals surface area contributed by atoms with Crippen molar-refractivity contribution in [2.75, 3.05) is 44.4 Å². The van der Waals surface area contributed by atoms with Crippen LogP contribution in [0.15, 0.2) is 42.7 Å². The molecule has 2 saturated heterocycles. The van der Waals surface area contributed by atoms with Crippen LogP contribution in [0.3, 0.4) is 0 Å². The van der Waals surface area contributed by atoms with Gasteiger partial charge in [0, 0.05) is 50.7 Å². The van der Waals surface area contributed by atoms with Gasteiger partial charge in [0.2, 0.25) is 0 Å². The summed E-state index contributed by atoms with van der Waals surface area (Å²) in [7, 11) is -4.29. The van der Waals surface area contributed by atoms with Gasteiger partial charge in [-0.2, -0.15) is 12.7 Å². The molecule has 1 amide bonds. The molecule has 3 aromatic rings. The minimum absolute atomic E-state index is 0.0166. The molecule has 1 aromatic carbocycles. The molecule has 0 bridgehead atoms. The third-order valence-electron chi connectivity index (χ3n) is 7.35. The third kappa shape index (κ3) is 6.28. The molecule has 2 aliphatic heterocycles. The van der Waals surface area contributed by atoms with E-state index < -0.39 is 47.4 Å². The summed E-state index contributed by atoms with van der Waals surface area (Å²) < 4.78 is 83.2. The monoisotopic (exact) mass is 595 g/mol. The normalized spacial score (nSPS) is 20.2. The van der Waals surface area contributed by atoms with Crippen LogP contribution in [0.5, 0.6) is 5.75 Å². The van der Waals surface area contributed by atoms with Gasteiger partial charge in [-0.15, -0.1) is 0 Å². The lowest BCUT2D eigenvalue weighted by Crippen LogP contribution is -2.44. The van der Waals surface area contributed by atoms with Crippen LogP contribution in [0.1, 0.15) is 48.3 Å². The molecular formula is C27H32F3N5O5S. The van der Waals surface area contributed by atoms with E-state index in [1.165, 1.54) is 29.7 Å². The first-order valence-electron chi connectivity index (χ1n) is 13.5. The second-order valence-electron chi connectivity index (χ2n) is 9.99. The zero-order valence-electron chi connectivity index (χ0n) is 22.5. The molecular weight excluding hydrogens is 563 g/mol. The lowest BCUT2D eigenvalue weighted by atomic mass is 10.0. The van der Waals surface area contributed by atoms with Crippen molar-refractivity contribution in [3.05, 3.63) is 59.8 Å². The van der Waals surface area contributed by atoms with E-state index >= 15 is 0 Å². The molecule has 5 rings (SSSR count). The van der Waals surface area contributed by atoms with E-state index in [9.17, 15) is 26.4 Å². The van der Waals surface area contributed by atoms with Crippen LogP contribution in [0, 0.1) is 5.82 Å². The Morgan fingerprint density at radius 1 is 1.24 bits per heavy atom. The van der Waals surface area contributed by atoms with Crippen LogP contribution in [-0.2, 0) is 14.9 Å². The number of fused-ring (bicyclic) bond motifs is 1. The van der Waals surface area contributed by atoms with Crippen molar-refractivity contribution in [1.82, 2.24) is 18.4 Å². The number of ether oxygens (including phenoxy) is 2. The van der Waals surface area contributed by atoms with E-state index in [2.05, 4.69) is 4.98 Å². The number of aromatic nitrogens is 2. The summed E-state index contributed by atoms with van der Waals surface area (Å²) in [6.07, 6.45) is 2.96. The molecule has 222 valence electrons. The summed E-state index contributed by atoms with van der Waals surface area (Å²) in [5.74, 6) is -0.948. The van der Waals surface area contributed by atoms with Crippen molar-refractivity contribution in [3.8, 4) is 5.75 Å². The number of benzene rings is 1. The Bertz CT molecular complexity index is 1500. The molecule has 0 saturated carbocycles. The molecule has 2 aromatic heterocycles. The predicted octanol–water partition coefficient (Wildman–Crippen LogP) is 3.59. The number of nitrogens with one attached hydrogen (secondary N) is 1. The number of alkyl halides is 2. The standard InChI is InChI=1S/C27H32F3N5O5S/c1-2-33(10-9-28)41(37,38)32-27(36)24-15-31-26-6-4-20(17-35(24)26)34-16-19(30)14-23(34)22-13-18(29)3-5-25(22)40-21-7-11-39-12-8-21/h3-6,13,15,17,19,21,23H,2,7-12,14,16H2,1H3,(H,32,36). The average Bonchev–Trinajstić information content (AvgIpc) is 3.56. The lowest BCUT2D eigenvalue weighted by Gasteiger charge is -2.30. The zero-order chi connectivity index (χ0) is 29.1. The Labute approximate surface area is 236 Å². The summed E-state index contributed by atoms with van der Waals surface area (Å²) in [5.41, 5.74) is 1.31. The average molecular weight is 596 g/mol. The number of halogens is 3. The van der Waals surface area contributed by atoms with Gasteiger partial charge in [-0.25, -0.2) is 22.9 Å². The van der Waals surface area contributed by atoms with Crippen LogP contribution in [0.25, 0.3) is 5.65 Å². The maximum Gasteiger partial charge on any atom is 0.304 e. The van der Waals surface area contributed by atoms with Gasteiger partial charge in [0.25, 0.3) is 5.91 Å². The number of carbonyl (C=O) groups is 1. The van der Waals surface area contributed by atoms with E-state index in [0.29, 0.717) is 48.7 Å². The molecule has 10 nitrogen and oxygen atoms in total. The molecule has 1 N–H and O–H groups in total. The Morgan fingerprint density at radius 3 is 2.76 bits per heavy atom. The summed E-state index contributed by atoms with van der Waals surface area (Å²) in [5, 5.41) is 0. The summed E-state index contributed by atoms with van der Waals surface area (Å²) in [6.45, 7) is 1.37. The molecule has 4 heterocycles. The number of hydrogen-bond acceptors (Lipinski definition) is 7. The number of imidazole rings is 1. The molecule has 0 spiro atoms. The van der Waals surface area contributed by atoms with Crippen LogP contribution in [0.4, 0.5) is 18.9 Å². The molecule has 2 aliphatic rings. The number of nitrogens with zero attached hydrogens (tertiary/aromatic N) is 4. The summed E-state index contributed by atoms with van der Waals surface area (Å²) >= 11 is 0. The number of hydrogen-bond donors (Lipinski definition) is 1. The minimum atomic E-state index is -4.29. The first-order valence-corrected chi connectivity index (χ1v) is 14.9. The molecule has 41 heavy (non-hydrogen) atoms. The van der Waals surface area contributed by atoms with Crippen molar-refractivity contribution < 1.29 is 35.9 Å². The fraction of sp³-hybridized carbons (Fsp3) is 0.481. The van der Waals surface area contributed by atoms with Crippen LogP contribution in [0.2, 0.25) is 0 Å². The van der Waals surface area contributed by atoms with Crippen LogP contribution >= 0.6 is 0 Å². The van der Waals surface area contributed by atoms with E-state index in [1.54, 1.807) is 29.3 Å². The number of rotatable bonds is 10. The Hall–Kier alpha value is -3.36. The summed E-state index contributed by atoms with van der Waals surface area (Å²) in [4.78, 5) is 18.9. The second-order valence-corrected chi connectivity index (χ2v) is 11.7. The van der Waals surface area contributed by atoms with Gasteiger partial charge >= 0.3 is 10.2 Å². The number of anilines is 1. The zero-order valence-corrected chi connectivity index (χ0v) is 23.3. The fourth-order valence-electron chi connectivity index (χ4n) is 5.31. The maximum atomic E-state index is 14.9. The van der Waals surface area contributed by atoms with Crippen molar-refractivity contribution in [3.63, 3.8) is 0 Å². The Morgan fingerprint density at radius 2 is 2.02 bits per heavy atom. The van der Waals surface area contributed by atoms with Crippen molar-refractivity contribution in [2.45, 2.75) is 44.5 Å². The van der Waals surface area contributed by atoms with Crippen LogP contribution < -0.4 is 14.4 Å².